The number of aromatic amines is 1. The van der Waals surface area contributed by atoms with Gasteiger partial charge in [0.15, 0.2) is 0 Å². The van der Waals surface area contributed by atoms with Gasteiger partial charge in [0.1, 0.15) is 5.82 Å². The predicted octanol–water partition coefficient (Wildman–Crippen LogP) is 3.50. The number of piperazine rings is 1. The fraction of sp³-hybridized carbons (Fsp3) is 0.182. The van der Waals surface area contributed by atoms with Crippen molar-refractivity contribution < 1.29 is 4.79 Å². The Morgan fingerprint density at radius 2 is 1.81 bits per heavy atom. The van der Waals surface area contributed by atoms with Crippen molar-refractivity contribution in [2.24, 2.45) is 0 Å². The molecule has 5 nitrogen and oxygen atoms in total. The quantitative estimate of drug-likeness (QED) is 0.578. The van der Waals surface area contributed by atoms with E-state index in [-0.39, 0.29) is 11.9 Å². The van der Waals surface area contributed by atoms with E-state index in [9.17, 15) is 4.79 Å². The largest absolute Gasteiger partial charge is 0.341 e. The minimum Gasteiger partial charge on any atom is -0.341 e. The summed E-state index contributed by atoms with van der Waals surface area (Å²) in [5.41, 5.74) is 2.71. The van der Waals surface area contributed by atoms with E-state index >= 15 is 0 Å². The number of imidazole rings is 1. The molecule has 5 heteroatoms. The standard InChI is InChI=1S/C22H20N4O/c27-22(17-10-9-15-5-1-2-6-16(15)13-17)26-12-11-23-20(14-26)21-24-18-7-3-4-8-19(18)25-21/h1-10,13,20,23H,11-12,14H2,(H,24,25). The van der Waals surface area contributed by atoms with Crippen molar-refractivity contribution in [3.05, 3.63) is 78.1 Å². The third kappa shape index (κ3) is 2.96. The predicted molar refractivity (Wildman–Crippen MR) is 107 cm³/mol. The first kappa shape index (κ1) is 16.0. The summed E-state index contributed by atoms with van der Waals surface area (Å²) in [6.07, 6.45) is 0. The van der Waals surface area contributed by atoms with Gasteiger partial charge in [-0.05, 0) is 35.0 Å². The van der Waals surface area contributed by atoms with Gasteiger partial charge in [-0.1, -0.05) is 42.5 Å². The molecule has 0 spiro atoms. The van der Waals surface area contributed by atoms with Crippen LogP contribution < -0.4 is 5.32 Å². The molecular weight excluding hydrogens is 336 g/mol. The average molecular weight is 356 g/mol. The highest BCUT2D eigenvalue weighted by molar-refractivity contribution is 5.98. The number of benzene rings is 3. The number of hydrogen-bond acceptors (Lipinski definition) is 3. The van der Waals surface area contributed by atoms with Crippen molar-refractivity contribution >= 4 is 27.7 Å². The molecule has 1 amide bonds. The number of fused-ring (bicyclic) bond motifs is 2. The maximum Gasteiger partial charge on any atom is 0.253 e. The van der Waals surface area contributed by atoms with Crippen molar-refractivity contribution in [1.82, 2.24) is 20.2 Å². The van der Waals surface area contributed by atoms with Gasteiger partial charge in [-0.2, -0.15) is 0 Å². The molecule has 3 aromatic carbocycles. The topological polar surface area (TPSA) is 61.0 Å². The number of para-hydroxylation sites is 2. The maximum atomic E-state index is 13.1. The van der Waals surface area contributed by atoms with E-state index in [1.807, 2.05) is 65.6 Å². The van der Waals surface area contributed by atoms with Gasteiger partial charge >= 0.3 is 0 Å². The second-order valence-electron chi connectivity index (χ2n) is 6.96. The van der Waals surface area contributed by atoms with Crippen LogP contribution >= 0.6 is 0 Å². The fourth-order valence-corrected chi connectivity index (χ4v) is 3.76. The zero-order valence-corrected chi connectivity index (χ0v) is 14.9. The zero-order valence-electron chi connectivity index (χ0n) is 14.9. The highest BCUT2D eigenvalue weighted by Crippen LogP contribution is 2.21. The number of carbonyl (C=O) groups excluding carboxylic acids is 1. The third-order valence-electron chi connectivity index (χ3n) is 5.20. The summed E-state index contributed by atoms with van der Waals surface area (Å²) in [4.78, 5) is 23.0. The van der Waals surface area contributed by atoms with E-state index in [0.717, 1.165) is 39.7 Å². The summed E-state index contributed by atoms with van der Waals surface area (Å²) < 4.78 is 0. The van der Waals surface area contributed by atoms with Gasteiger partial charge in [-0.3, -0.25) is 4.79 Å². The van der Waals surface area contributed by atoms with Gasteiger partial charge < -0.3 is 15.2 Å². The molecule has 134 valence electrons. The molecular formula is C22H20N4O. The lowest BCUT2D eigenvalue weighted by Gasteiger charge is -2.33. The highest BCUT2D eigenvalue weighted by Gasteiger charge is 2.27. The molecule has 1 aliphatic rings. The number of nitrogens with one attached hydrogen (secondary N) is 2. The molecule has 1 fully saturated rings. The van der Waals surface area contributed by atoms with E-state index in [1.54, 1.807) is 0 Å². The minimum absolute atomic E-state index is 0.00977. The number of rotatable bonds is 2. The molecule has 5 rings (SSSR count). The first-order valence-electron chi connectivity index (χ1n) is 9.24. The summed E-state index contributed by atoms with van der Waals surface area (Å²) in [6, 6.07) is 22.0. The first-order valence-corrected chi connectivity index (χ1v) is 9.24. The molecule has 27 heavy (non-hydrogen) atoms. The number of nitrogens with zero attached hydrogens (tertiary/aromatic N) is 2. The summed E-state index contributed by atoms with van der Waals surface area (Å²) >= 11 is 0. The number of aromatic nitrogens is 2. The van der Waals surface area contributed by atoms with Crippen LogP contribution in [0.5, 0.6) is 0 Å². The molecule has 0 radical (unpaired) electrons. The molecule has 1 aromatic heterocycles. The van der Waals surface area contributed by atoms with Gasteiger partial charge in [0.05, 0.1) is 17.1 Å². The maximum absolute atomic E-state index is 13.1. The monoisotopic (exact) mass is 356 g/mol. The van der Waals surface area contributed by atoms with Crippen LogP contribution in [0, 0.1) is 0 Å². The van der Waals surface area contributed by atoms with Crippen molar-refractivity contribution in [1.29, 1.82) is 0 Å². The molecule has 2 heterocycles. The molecule has 1 saturated heterocycles. The summed E-state index contributed by atoms with van der Waals surface area (Å²) in [7, 11) is 0. The number of amides is 1. The van der Waals surface area contributed by atoms with Crippen LogP contribution in [0.1, 0.15) is 22.2 Å². The van der Waals surface area contributed by atoms with Crippen LogP contribution in [0.2, 0.25) is 0 Å². The van der Waals surface area contributed by atoms with Crippen LogP contribution in [-0.2, 0) is 0 Å². The van der Waals surface area contributed by atoms with E-state index in [2.05, 4.69) is 21.4 Å². The Bertz CT molecular complexity index is 1100. The fourth-order valence-electron chi connectivity index (χ4n) is 3.76. The minimum atomic E-state index is 0.00977. The van der Waals surface area contributed by atoms with Gasteiger partial charge in [-0.15, -0.1) is 0 Å². The molecule has 2 N–H and O–H groups in total. The highest BCUT2D eigenvalue weighted by atomic mass is 16.2. The summed E-state index contributed by atoms with van der Waals surface area (Å²) in [6.45, 7) is 2.05. The van der Waals surface area contributed by atoms with E-state index < -0.39 is 0 Å². The van der Waals surface area contributed by atoms with Gasteiger partial charge in [0.25, 0.3) is 5.91 Å². The Balaban J connectivity index is 1.40. The number of hydrogen-bond donors (Lipinski definition) is 2. The Labute approximate surface area is 157 Å². The van der Waals surface area contributed by atoms with Crippen LogP contribution in [0.3, 0.4) is 0 Å². The Kier molecular flexibility index (Phi) is 3.87. The molecule has 0 bridgehead atoms. The molecule has 0 saturated carbocycles. The normalized spacial score (nSPS) is 17.5. The zero-order chi connectivity index (χ0) is 18.2. The molecule has 1 atom stereocenters. The van der Waals surface area contributed by atoms with Gasteiger partial charge in [-0.25, -0.2) is 4.98 Å². The number of carbonyl (C=O) groups is 1. The van der Waals surface area contributed by atoms with Crippen molar-refractivity contribution in [2.45, 2.75) is 6.04 Å². The van der Waals surface area contributed by atoms with Gasteiger partial charge in [0.2, 0.25) is 0 Å². The van der Waals surface area contributed by atoms with Crippen molar-refractivity contribution in [3.8, 4) is 0 Å². The molecule has 1 aliphatic heterocycles. The van der Waals surface area contributed by atoms with E-state index in [1.165, 1.54) is 0 Å². The Morgan fingerprint density at radius 1 is 1.00 bits per heavy atom. The second kappa shape index (κ2) is 6.52. The van der Waals surface area contributed by atoms with Crippen molar-refractivity contribution in [2.75, 3.05) is 19.6 Å². The number of H-pyrrole nitrogens is 1. The van der Waals surface area contributed by atoms with Crippen LogP contribution in [0.4, 0.5) is 0 Å². The van der Waals surface area contributed by atoms with Crippen LogP contribution in [-0.4, -0.2) is 40.4 Å². The molecule has 4 aromatic rings. The molecule has 1 unspecified atom stereocenters. The lowest BCUT2D eigenvalue weighted by atomic mass is 10.1. The lowest BCUT2D eigenvalue weighted by molar-refractivity contribution is 0.0700. The SMILES string of the molecule is O=C(c1ccc2ccccc2c1)N1CCNC(c2nc3ccccc3[nH]2)C1. The molecule has 0 aliphatic carbocycles. The van der Waals surface area contributed by atoms with Crippen molar-refractivity contribution in [3.63, 3.8) is 0 Å². The smallest absolute Gasteiger partial charge is 0.253 e. The van der Waals surface area contributed by atoms with E-state index in [4.69, 9.17) is 0 Å². The van der Waals surface area contributed by atoms with Crippen LogP contribution in [0.15, 0.2) is 66.7 Å². The van der Waals surface area contributed by atoms with E-state index in [0.29, 0.717) is 13.1 Å². The lowest BCUT2D eigenvalue weighted by Crippen LogP contribution is -2.48. The Morgan fingerprint density at radius 3 is 2.70 bits per heavy atom. The first-order chi connectivity index (χ1) is 13.3. The average Bonchev–Trinajstić information content (AvgIpc) is 3.17. The summed E-state index contributed by atoms with van der Waals surface area (Å²) in [5, 5.41) is 5.71. The second-order valence-corrected chi connectivity index (χ2v) is 6.96. The third-order valence-corrected chi connectivity index (χ3v) is 5.20. The van der Waals surface area contributed by atoms with Gasteiger partial charge in [0, 0.05) is 25.2 Å². The van der Waals surface area contributed by atoms with Crippen LogP contribution in [0.25, 0.3) is 21.8 Å². The summed E-state index contributed by atoms with van der Waals surface area (Å²) in [5.74, 6) is 0.954. The Hall–Kier alpha value is -3.18.